The highest BCUT2D eigenvalue weighted by molar-refractivity contribution is 7.10. The van der Waals surface area contributed by atoms with Gasteiger partial charge in [-0.2, -0.15) is 0 Å². The summed E-state index contributed by atoms with van der Waals surface area (Å²) < 4.78 is 0. The van der Waals surface area contributed by atoms with Gasteiger partial charge in [-0.15, -0.1) is 11.3 Å². The SMILES string of the molecule is Cc1ccsc1CNC(=O)CN(CCO)Cc1ccccc1. The van der Waals surface area contributed by atoms with Crippen LogP contribution in [0.1, 0.15) is 16.0 Å². The molecule has 4 nitrogen and oxygen atoms in total. The number of nitrogens with one attached hydrogen (secondary N) is 1. The van der Waals surface area contributed by atoms with Crippen LogP contribution in [0.2, 0.25) is 0 Å². The highest BCUT2D eigenvalue weighted by Gasteiger charge is 2.11. The van der Waals surface area contributed by atoms with Gasteiger partial charge in [-0.05, 0) is 29.5 Å². The Balaban J connectivity index is 1.84. The van der Waals surface area contributed by atoms with E-state index in [0.717, 1.165) is 5.56 Å². The number of thiophene rings is 1. The molecule has 0 fully saturated rings. The number of carbonyl (C=O) groups excluding carboxylic acids is 1. The molecule has 5 heteroatoms. The molecule has 0 aliphatic heterocycles. The van der Waals surface area contributed by atoms with Gasteiger partial charge in [0.1, 0.15) is 0 Å². The summed E-state index contributed by atoms with van der Waals surface area (Å²) >= 11 is 1.65. The van der Waals surface area contributed by atoms with Gasteiger partial charge in [0.15, 0.2) is 0 Å². The van der Waals surface area contributed by atoms with Gasteiger partial charge in [0.05, 0.1) is 19.7 Å². The summed E-state index contributed by atoms with van der Waals surface area (Å²) in [6.07, 6.45) is 0. The molecular weight excluding hydrogens is 296 g/mol. The molecule has 0 saturated heterocycles. The van der Waals surface area contributed by atoms with Crippen LogP contribution in [0, 0.1) is 6.92 Å². The van der Waals surface area contributed by atoms with E-state index in [-0.39, 0.29) is 12.5 Å². The Hall–Kier alpha value is -1.69. The highest BCUT2D eigenvalue weighted by atomic mass is 32.1. The summed E-state index contributed by atoms with van der Waals surface area (Å²) in [5, 5.41) is 14.2. The molecule has 22 heavy (non-hydrogen) atoms. The lowest BCUT2D eigenvalue weighted by Crippen LogP contribution is -2.38. The van der Waals surface area contributed by atoms with Gasteiger partial charge in [-0.25, -0.2) is 0 Å². The summed E-state index contributed by atoms with van der Waals surface area (Å²) in [5.74, 6) is -0.0165. The first-order valence-electron chi connectivity index (χ1n) is 7.36. The lowest BCUT2D eigenvalue weighted by Gasteiger charge is -2.20. The Morgan fingerprint density at radius 2 is 2.05 bits per heavy atom. The van der Waals surface area contributed by atoms with Crippen LogP contribution in [0.3, 0.4) is 0 Å². The molecule has 1 aromatic carbocycles. The van der Waals surface area contributed by atoms with E-state index in [2.05, 4.69) is 11.4 Å². The largest absolute Gasteiger partial charge is 0.395 e. The van der Waals surface area contributed by atoms with Gasteiger partial charge in [-0.1, -0.05) is 30.3 Å². The molecule has 0 atom stereocenters. The standard InChI is InChI=1S/C17H22N2O2S/c1-14-7-10-22-16(14)11-18-17(21)13-19(8-9-20)12-15-5-3-2-4-6-15/h2-7,10,20H,8-9,11-13H2,1H3,(H,18,21). The predicted octanol–water partition coefficient (Wildman–Crippen LogP) is 2.17. The minimum atomic E-state index is -0.0165. The number of rotatable bonds is 8. The third kappa shape index (κ3) is 5.26. The average molecular weight is 318 g/mol. The molecule has 2 rings (SSSR count). The number of carbonyl (C=O) groups is 1. The number of aryl methyl sites for hydroxylation is 1. The van der Waals surface area contributed by atoms with Crippen molar-refractivity contribution in [2.45, 2.75) is 20.0 Å². The van der Waals surface area contributed by atoms with E-state index in [1.165, 1.54) is 10.4 Å². The Labute approximate surface area is 135 Å². The zero-order valence-corrected chi connectivity index (χ0v) is 13.6. The molecule has 1 heterocycles. The summed E-state index contributed by atoms with van der Waals surface area (Å²) in [6, 6.07) is 12.0. The molecule has 0 aliphatic carbocycles. The maximum Gasteiger partial charge on any atom is 0.234 e. The van der Waals surface area contributed by atoms with E-state index in [1.54, 1.807) is 11.3 Å². The molecule has 0 aliphatic rings. The Morgan fingerprint density at radius 1 is 1.27 bits per heavy atom. The van der Waals surface area contributed by atoms with Crippen molar-refractivity contribution in [1.82, 2.24) is 10.2 Å². The third-order valence-corrected chi connectivity index (χ3v) is 4.47. The number of amides is 1. The lowest BCUT2D eigenvalue weighted by atomic mass is 10.2. The van der Waals surface area contributed by atoms with Crippen LogP contribution in [0.15, 0.2) is 41.8 Å². The molecule has 0 radical (unpaired) electrons. The second-order valence-corrected chi connectivity index (χ2v) is 6.22. The number of hydrogen-bond donors (Lipinski definition) is 2. The molecule has 0 bridgehead atoms. The number of aliphatic hydroxyl groups is 1. The van der Waals surface area contributed by atoms with Crippen molar-refractivity contribution in [3.63, 3.8) is 0 Å². The first-order chi connectivity index (χ1) is 10.7. The molecule has 2 aromatic rings. The summed E-state index contributed by atoms with van der Waals surface area (Å²) in [5.41, 5.74) is 2.35. The third-order valence-electron chi connectivity index (χ3n) is 3.45. The summed E-state index contributed by atoms with van der Waals surface area (Å²) in [7, 11) is 0. The Kier molecular flexibility index (Phi) is 6.58. The molecule has 118 valence electrons. The van der Waals surface area contributed by atoms with Gasteiger partial charge in [-0.3, -0.25) is 9.69 Å². The highest BCUT2D eigenvalue weighted by Crippen LogP contribution is 2.14. The Bertz CT molecular complexity index is 583. The second kappa shape index (κ2) is 8.68. The molecular formula is C17H22N2O2S. The van der Waals surface area contributed by atoms with E-state index in [0.29, 0.717) is 26.2 Å². The molecule has 0 unspecified atom stereocenters. The molecule has 0 saturated carbocycles. The van der Waals surface area contributed by atoms with Crippen molar-refractivity contribution in [2.75, 3.05) is 19.7 Å². The van der Waals surface area contributed by atoms with Gasteiger partial charge < -0.3 is 10.4 Å². The van der Waals surface area contributed by atoms with Crippen LogP contribution in [0.4, 0.5) is 0 Å². The van der Waals surface area contributed by atoms with Crippen molar-refractivity contribution in [3.05, 3.63) is 57.8 Å². The van der Waals surface area contributed by atoms with Gasteiger partial charge in [0, 0.05) is 18.0 Å². The Morgan fingerprint density at radius 3 is 2.68 bits per heavy atom. The van der Waals surface area contributed by atoms with E-state index < -0.39 is 0 Å². The minimum absolute atomic E-state index is 0.0165. The zero-order valence-electron chi connectivity index (χ0n) is 12.8. The first-order valence-corrected chi connectivity index (χ1v) is 8.24. The molecule has 0 spiro atoms. The maximum absolute atomic E-state index is 12.1. The van der Waals surface area contributed by atoms with Crippen molar-refractivity contribution >= 4 is 17.2 Å². The summed E-state index contributed by atoms with van der Waals surface area (Å²) in [6.45, 7) is 4.10. The van der Waals surface area contributed by atoms with Crippen LogP contribution in [-0.2, 0) is 17.9 Å². The number of benzene rings is 1. The lowest BCUT2D eigenvalue weighted by molar-refractivity contribution is -0.122. The molecule has 2 N–H and O–H groups in total. The first kappa shape index (κ1) is 16.7. The van der Waals surface area contributed by atoms with Crippen molar-refractivity contribution in [3.8, 4) is 0 Å². The predicted molar refractivity (Wildman–Crippen MR) is 89.7 cm³/mol. The van der Waals surface area contributed by atoms with E-state index in [1.807, 2.05) is 47.5 Å². The number of aliphatic hydroxyl groups excluding tert-OH is 1. The second-order valence-electron chi connectivity index (χ2n) is 5.22. The smallest absolute Gasteiger partial charge is 0.234 e. The van der Waals surface area contributed by atoms with Gasteiger partial charge >= 0.3 is 0 Å². The molecule has 1 amide bonds. The van der Waals surface area contributed by atoms with Gasteiger partial charge in [0.2, 0.25) is 5.91 Å². The van der Waals surface area contributed by atoms with Crippen LogP contribution in [0.25, 0.3) is 0 Å². The van der Waals surface area contributed by atoms with Gasteiger partial charge in [0.25, 0.3) is 0 Å². The summed E-state index contributed by atoms with van der Waals surface area (Å²) in [4.78, 5) is 15.2. The average Bonchev–Trinajstić information content (AvgIpc) is 2.92. The fourth-order valence-corrected chi connectivity index (χ4v) is 3.07. The quantitative estimate of drug-likeness (QED) is 0.784. The maximum atomic E-state index is 12.1. The van der Waals surface area contributed by atoms with E-state index >= 15 is 0 Å². The minimum Gasteiger partial charge on any atom is -0.395 e. The van der Waals surface area contributed by atoms with E-state index in [9.17, 15) is 9.90 Å². The fourth-order valence-electron chi connectivity index (χ4n) is 2.22. The monoisotopic (exact) mass is 318 g/mol. The number of hydrogen-bond acceptors (Lipinski definition) is 4. The van der Waals surface area contributed by atoms with Crippen molar-refractivity contribution in [1.29, 1.82) is 0 Å². The normalized spacial score (nSPS) is 10.9. The number of nitrogens with zero attached hydrogens (tertiary/aromatic N) is 1. The molecule has 1 aromatic heterocycles. The van der Waals surface area contributed by atoms with E-state index in [4.69, 9.17) is 0 Å². The fraction of sp³-hybridized carbons (Fsp3) is 0.353. The van der Waals surface area contributed by atoms with Crippen molar-refractivity contribution < 1.29 is 9.90 Å². The van der Waals surface area contributed by atoms with Crippen LogP contribution >= 0.6 is 11.3 Å². The zero-order chi connectivity index (χ0) is 15.8. The topological polar surface area (TPSA) is 52.6 Å². The van der Waals surface area contributed by atoms with Crippen molar-refractivity contribution in [2.24, 2.45) is 0 Å². The van der Waals surface area contributed by atoms with Crippen LogP contribution < -0.4 is 5.32 Å². The van der Waals surface area contributed by atoms with Crippen LogP contribution in [-0.4, -0.2) is 35.6 Å². The van der Waals surface area contributed by atoms with Crippen LogP contribution in [0.5, 0.6) is 0 Å².